The number of alkyl halides is 3. The van der Waals surface area contributed by atoms with Crippen LogP contribution in [0.15, 0.2) is 41.3 Å². The number of amides is 2. The summed E-state index contributed by atoms with van der Waals surface area (Å²) in [6.45, 7) is 1.27. The number of sulfonamides is 1. The van der Waals surface area contributed by atoms with E-state index in [1.165, 1.54) is 19.1 Å². The number of nitrogens with one attached hydrogen (secondary N) is 3. The van der Waals surface area contributed by atoms with Crippen LogP contribution in [0.3, 0.4) is 0 Å². The molecule has 0 atom stereocenters. The first-order valence-electron chi connectivity index (χ1n) is 7.90. The van der Waals surface area contributed by atoms with Crippen LogP contribution in [-0.4, -0.2) is 20.2 Å². The van der Waals surface area contributed by atoms with Crippen molar-refractivity contribution < 1.29 is 31.2 Å². The highest BCUT2D eigenvalue weighted by Crippen LogP contribution is 2.34. The van der Waals surface area contributed by atoms with Gasteiger partial charge in [-0.25, -0.2) is 8.42 Å². The Morgan fingerprint density at radius 1 is 0.964 bits per heavy atom. The molecule has 0 aliphatic carbocycles. The number of rotatable bonds is 3. The molecule has 1 aliphatic rings. The minimum atomic E-state index is -4.63. The summed E-state index contributed by atoms with van der Waals surface area (Å²) < 4.78 is 66.3. The Labute approximate surface area is 158 Å². The number of aryl methyl sites for hydroxylation is 1. The van der Waals surface area contributed by atoms with Gasteiger partial charge in [-0.05, 0) is 42.8 Å². The molecule has 2 aromatic carbocycles. The summed E-state index contributed by atoms with van der Waals surface area (Å²) in [5.74, 6) is -1.17. The van der Waals surface area contributed by atoms with E-state index in [0.717, 1.165) is 18.2 Å². The van der Waals surface area contributed by atoms with Gasteiger partial charge in [-0.15, -0.1) is 0 Å². The Kier molecular flexibility index (Phi) is 4.79. The summed E-state index contributed by atoms with van der Waals surface area (Å²) in [5.41, 5.74) is -0.975. The van der Waals surface area contributed by atoms with Crippen molar-refractivity contribution in [2.45, 2.75) is 24.4 Å². The highest BCUT2D eigenvalue weighted by atomic mass is 32.2. The van der Waals surface area contributed by atoms with Gasteiger partial charge in [0.1, 0.15) is 6.42 Å². The topological polar surface area (TPSA) is 104 Å². The number of benzene rings is 2. The van der Waals surface area contributed by atoms with Gasteiger partial charge in [-0.1, -0.05) is 6.07 Å². The van der Waals surface area contributed by atoms with E-state index < -0.39 is 40.0 Å². The second kappa shape index (κ2) is 6.82. The van der Waals surface area contributed by atoms with Crippen LogP contribution in [-0.2, 0) is 25.8 Å². The highest BCUT2D eigenvalue weighted by molar-refractivity contribution is 7.92. The zero-order chi connectivity index (χ0) is 20.7. The van der Waals surface area contributed by atoms with Crippen LogP contribution in [0.5, 0.6) is 0 Å². The van der Waals surface area contributed by atoms with E-state index in [0.29, 0.717) is 6.07 Å². The largest absolute Gasteiger partial charge is 0.416 e. The number of carbonyl (C=O) groups excluding carboxylic acids is 2. The first kappa shape index (κ1) is 19.7. The smallest absolute Gasteiger partial charge is 0.324 e. The Morgan fingerprint density at radius 2 is 1.61 bits per heavy atom. The summed E-state index contributed by atoms with van der Waals surface area (Å²) in [5, 5.41) is 4.85. The third-order valence-corrected chi connectivity index (χ3v) is 5.34. The lowest BCUT2D eigenvalue weighted by atomic mass is 10.1. The fourth-order valence-electron chi connectivity index (χ4n) is 2.64. The van der Waals surface area contributed by atoms with Gasteiger partial charge in [-0.3, -0.25) is 14.3 Å². The van der Waals surface area contributed by atoms with Crippen LogP contribution in [0.25, 0.3) is 0 Å². The fraction of sp³-hybridized carbons (Fsp3) is 0.176. The lowest BCUT2D eigenvalue weighted by Crippen LogP contribution is -2.16. The number of anilines is 3. The minimum Gasteiger partial charge on any atom is -0.324 e. The van der Waals surface area contributed by atoms with Crippen LogP contribution in [0.1, 0.15) is 17.5 Å². The molecule has 0 unspecified atom stereocenters. The van der Waals surface area contributed by atoms with E-state index in [1.807, 2.05) is 0 Å². The van der Waals surface area contributed by atoms with Crippen LogP contribution in [0.4, 0.5) is 30.2 Å². The molecule has 0 spiro atoms. The molecule has 0 aromatic heterocycles. The van der Waals surface area contributed by atoms with E-state index >= 15 is 0 Å². The molecule has 1 aliphatic heterocycles. The third-order valence-electron chi connectivity index (χ3n) is 3.97. The van der Waals surface area contributed by atoms with Crippen molar-refractivity contribution in [2.24, 2.45) is 0 Å². The quantitative estimate of drug-likeness (QED) is 0.673. The molecule has 3 N–H and O–H groups in total. The molecule has 0 saturated heterocycles. The van der Waals surface area contributed by atoms with Crippen molar-refractivity contribution in [3.63, 3.8) is 0 Å². The average Bonchev–Trinajstić information content (AvgIpc) is 2.70. The molecule has 1 heterocycles. The maximum Gasteiger partial charge on any atom is 0.416 e. The normalized spacial score (nSPS) is 14.6. The minimum absolute atomic E-state index is 0.0427. The van der Waals surface area contributed by atoms with Crippen molar-refractivity contribution in [1.29, 1.82) is 0 Å². The van der Waals surface area contributed by atoms with Gasteiger partial charge in [-0.2, -0.15) is 13.2 Å². The molecule has 2 amide bonds. The van der Waals surface area contributed by atoms with Gasteiger partial charge >= 0.3 is 6.18 Å². The van der Waals surface area contributed by atoms with E-state index in [1.54, 1.807) is 0 Å². The molecule has 148 valence electrons. The Bertz CT molecular complexity index is 1080. The maximum absolute atomic E-state index is 13.0. The summed E-state index contributed by atoms with van der Waals surface area (Å²) in [7, 11) is -4.25. The Hall–Kier alpha value is -3.08. The maximum atomic E-state index is 13.0. The molecular weight excluding hydrogens is 399 g/mol. The van der Waals surface area contributed by atoms with Crippen LogP contribution in [0.2, 0.25) is 0 Å². The summed E-state index contributed by atoms with van der Waals surface area (Å²) in [4.78, 5) is 22.9. The van der Waals surface area contributed by atoms with E-state index in [4.69, 9.17) is 0 Å². The van der Waals surface area contributed by atoms with Gasteiger partial charge in [0.2, 0.25) is 11.8 Å². The Morgan fingerprint density at radius 3 is 2.25 bits per heavy atom. The van der Waals surface area contributed by atoms with Gasteiger partial charge < -0.3 is 10.6 Å². The van der Waals surface area contributed by atoms with Crippen molar-refractivity contribution >= 4 is 38.9 Å². The third kappa shape index (κ3) is 4.09. The first-order valence-corrected chi connectivity index (χ1v) is 9.38. The van der Waals surface area contributed by atoms with Gasteiger partial charge in [0, 0.05) is 5.69 Å². The lowest BCUT2D eigenvalue weighted by molar-refractivity contribution is -0.138. The monoisotopic (exact) mass is 413 g/mol. The van der Waals surface area contributed by atoms with Crippen molar-refractivity contribution in [2.75, 3.05) is 15.4 Å². The predicted molar refractivity (Wildman–Crippen MR) is 95.3 cm³/mol. The van der Waals surface area contributed by atoms with E-state index in [9.17, 15) is 31.2 Å². The van der Waals surface area contributed by atoms with Crippen molar-refractivity contribution in [3.05, 3.63) is 47.5 Å². The standard InChI is InChI=1S/C17H14F3N3O4S/c1-9-2-3-10(6-12(9)17(18,19)20)23-28(26,27)11-4-5-13-14(7-11)22-16(25)8-15(24)21-13/h2-7,23H,8H2,1H3,(H,21,24)(H,22,25). The fourth-order valence-corrected chi connectivity index (χ4v) is 3.72. The number of fused-ring (bicyclic) bond motifs is 1. The molecule has 7 nitrogen and oxygen atoms in total. The van der Waals surface area contributed by atoms with Crippen molar-refractivity contribution in [3.8, 4) is 0 Å². The molecule has 2 aromatic rings. The number of hydrogen-bond acceptors (Lipinski definition) is 4. The zero-order valence-electron chi connectivity index (χ0n) is 14.3. The average molecular weight is 413 g/mol. The molecule has 28 heavy (non-hydrogen) atoms. The SMILES string of the molecule is Cc1ccc(NS(=O)(=O)c2ccc3c(c2)NC(=O)CC(=O)N3)cc1C(F)(F)F. The summed E-state index contributed by atoms with van der Waals surface area (Å²) in [6.07, 6.45) is -5.04. The van der Waals surface area contributed by atoms with Gasteiger partial charge in [0.15, 0.2) is 0 Å². The molecule has 0 radical (unpaired) electrons. The van der Waals surface area contributed by atoms with E-state index in [2.05, 4.69) is 15.4 Å². The molecule has 0 saturated carbocycles. The zero-order valence-corrected chi connectivity index (χ0v) is 15.2. The van der Waals surface area contributed by atoms with E-state index in [-0.39, 0.29) is 27.5 Å². The molecule has 0 fully saturated rings. The highest BCUT2D eigenvalue weighted by Gasteiger charge is 2.33. The molecule has 3 rings (SSSR count). The summed E-state index contributed by atoms with van der Waals surface area (Å²) in [6, 6.07) is 6.64. The molecular formula is C17H14F3N3O4S. The van der Waals surface area contributed by atoms with Gasteiger partial charge in [0.05, 0.1) is 21.8 Å². The summed E-state index contributed by atoms with van der Waals surface area (Å²) >= 11 is 0. The second-order valence-electron chi connectivity index (χ2n) is 6.11. The van der Waals surface area contributed by atoms with Crippen LogP contribution < -0.4 is 15.4 Å². The van der Waals surface area contributed by atoms with Crippen LogP contribution >= 0.6 is 0 Å². The van der Waals surface area contributed by atoms with Gasteiger partial charge in [0.25, 0.3) is 10.0 Å². The first-order chi connectivity index (χ1) is 13.0. The lowest BCUT2D eigenvalue weighted by Gasteiger charge is -2.14. The molecule has 11 heteroatoms. The number of halogens is 3. The van der Waals surface area contributed by atoms with Crippen molar-refractivity contribution in [1.82, 2.24) is 0 Å². The molecule has 0 bridgehead atoms. The number of hydrogen-bond donors (Lipinski definition) is 3. The predicted octanol–water partition coefficient (Wildman–Crippen LogP) is 3.10. The second-order valence-corrected chi connectivity index (χ2v) is 7.80. The van der Waals surface area contributed by atoms with Crippen LogP contribution in [0, 0.1) is 6.92 Å². The Balaban J connectivity index is 1.94. The number of carbonyl (C=O) groups is 2.